The molecule has 0 spiro atoms. The van der Waals surface area contributed by atoms with Gasteiger partial charge in [0, 0.05) is 12.8 Å². The van der Waals surface area contributed by atoms with E-state index < -0.39 is 5.60 Å². The van der Waals surface area contributed by atoms with Crippen molar-refractivity contribution in [2.45, 2.75) is 115 Å². The zero-order valence-electron chi connectivity index (χ0n) is 13.4. The van der Waals surface area contributed by atoms with Gasteiger partial charge in [0.25, 0.3) is 0 Å². The van der Waals surface area contributed by atoms with Gasteiger partial charge >= 0.3 is 0 Å². The largest absolute Gasteiger partial charge is 0.390 e. The summed E-state index contributed by atoms with van der Waals surface area (Å²) in [5, 5.41) is 10.7. The molecule has 0 amide bonds. The lowest BCUT2D eigenvalue weighted by Crippen LogP contribution is -2.40. The molecule has 2 aliphatic heterocycles. The van der Waals surface area contributed by atoms with Gasteiger partial charge in [-0.15, -0.1) is 0 Å². The highest BCUT2D eigenvalue weighted by Gasteiger charge is 2.42. The van der Waals surface area contributed by atoms with Crippen molar-refractivity contribution in [3.05, 3.63) is 0 Å². The third kappa shape index (κ3) is 5.37. The zero-order chi connectivity index (χ0) is 14.3. The molecule has 2 rings (SSSR count). The first-order valence-corrected chi connectivity index (χ1v) is 9.10. The van der Waals surface area contributed by atoms with Crippen molar-refractivity contribution in [1.29, 1.82) is 0 Å². The molecule has 2 aliphatic rings. The van der Waals surface area contributed by atoms with Crippen LogP contribution in [0.1, 0.15) is 96.8 Å². The molecule has 1 N–H and O–H groups in total. The monoisotopic (exact) mass is 282 g/mol. The van der Waals surface area contributed by atoms with Gasteiger partial charge in [0.2, 0.25) is 0 Å². The Labute approximate surface area is 125 Å². The quantitative estimate of drug-likeness (QED) is 0.573. The van der Waals surface area contributed by atoms with Gasteiger partial charge in [0.05, 0.1) is 17.8 Å². The Balaban J connectivity index is 1.47. The average molecular weight is 282 g/mol. The molecule has 0 saturated carbocycles. The van der Waals surface area contributed by atoms with Gasteiger partial charge in [-0.3, -0.25) is 0 Å². The van der Waals surface area contributed by atoms with E-state index in [4.69, 9.17) is 4.74 Å². The van der Waals surface area contributed by atoms with Crippen LogP contribution in [0.3, 0.4) is 0 Å². The van der Waals surface area contributed by atoms with E-state index in [1.54, 1.807) is 0 Å². The van der Waals surface area contributed by atoms with Gasteiger partial charge in [0.15, 0.2) is 0 Å². The topological polar surface area (TPSA) is 29.5 Å². The van der Waals surface area contributed by atoms with E-state index in [9.17, 15) is 5.11 Å². The number of ether oxygens (including phenoxy) is 1. The van der Waals surface area contributed by atoms with Crippen LogP contribution in [-0.4, -0.2) is 22.9 Å². The predicted octanol–water partition coefficient (Wildman–Crippen LogP) is 4.98. The van der Waals surface area contributed by atoms with E-state index in [1.165, 1.54) is 70.6 Å². The highest BCUT2D eigenvalue weighted by atomic mass is 16.5. The summed E-state index contributed by atoms with van der Waals surface area (Å²) in [6.07, 6.45) is 18.0. The Morgan fingerprint density at radius 3 is 1.90 bits per heavy atom. The third-order valence-corrected chi connectivity index (χ3v) is 5.16. The van der Waals surface area contributed by atoms with Crippen LogP contribution in [0.4, 0.5) is 0 Å². The fourth-order valence-corrected chi connectivity index (χ4v) is 3.98. The van der Waals surface area contributed by atoms with Crippen LogP contribution < -0.4 is 0 Å². The molecular formula is C18H34O2. The van der Waals surface area contributed by atoms with Crippen LogP contribution in [0, 0.1) is 0 Å². The summed E-state index contributed by atoms with van der Waals surface area (Å²) in [7, 11) is 0. The summed E-state index contributed by atoms with van der Waals surface area (Å²) in [6.45, 7) is 2.27. The summed E-state index contributed by atoms with van der Waals surface area (Å²) >= 11 is 0. The van der Waals surface area contributed by atoms with Crippen LogP contribution in [0.25, 0.3) is 0 Å². The number of hydrogen-bond donors (Lipinski definition) is 1. The Bertz CT molecular complexity index is 252. The fraction of sp³-hybridized carbons (Fsp3) is 1.00. The summed E-state index contributed by atoms with van der Waals surface area (Å²) in [6, 6.07) is 0. The minimum absolute atomic E-state index is 0.359. The van der Waals surface area contributed by atoms with Crippen molar-refractivity contribution in [3.8, 4) is 0 Å². The van der Waals surface area contributed by atoms with E-state index in [2.05, 4.69) is 6.92 Å². The van der Waals surface area contributed by atoms with Crippen molar-refractivity contribution in [3.63, 3.8) is 0 Å². The lowest BCUT2D eigenvalue weighted by atomic mass is 9.85. The minimum Gasteiger partial charge on any atom is -0.390 e. The molecule has 2 heteroatoms. The van der Waals surface area contributed by atoms with Crippen LogP contribution in [-0.2, 0) is 4.74 Å². The van der Waals surface area contributed by atoms with Crippen molar-refractivity contribution >= 4 is 0 Å². The molecule has 0 aromatic heterocycles. The minimum atomic E-state index is -0.398. The highest BCUT2D eigenvalue weighted by molar-refractivity contribution is 4.94. The van der Waals surface area contributed by atoms with E-state index in [-0.39, 0.29) is 0 Å². The first kappa shape index (κ1) is 16.3. The van der Waals surface area contributed by atoms with Crippen molar-refractivity contribution in [2.75, 3.05) is 0 Å². The molecule has 0 aromatic carbocycles. The number of rotatable bonds is 10. The third-order valence-electron chi connectivity index (χ3n) is 5.16. The van der Waals surface area contributed by atoms with Crippen molar-refractivity contribution < 1.29 is 9.84 Å². The Hall–Kier alpha value is -0.0800. The van der Waals surface area contributed by atoms with Gasteiger partial charge in [-0.2, -0.15) is 0 Å². The number of fused-ring (bicyclic) bond motifs is 2. The summed E-state index contributed by atoms with van der Waals surface area (Å²) in [4.78, 5) is 0. The second kappa shape index (κ2) is 8.38. The lowest BCUT2D eigenvalue weighted by molar-refractivity contribution is -0.115. The maximum absolute atomic E-state index is 10.7. The number of aliphatic hydroxyl groups is 1. The Kier molecular flexibility index (Phi) is 6.83. The van der Waals surface area contributed by atoms with Gasteiger partial charge in [0.1, 0.15) is 0 Å². The summed E-state index contributed by atoms with van der Waals surface area (Å²) < 4.78 is 5.82. The second-order valence-corrected chi connectivity index (χ2v) is 7.17. The zero-order valence-corrected chi connectivity index (χ0v) is 13.4. The molecular weight excluding hydrogens is 248 g/mol. The molecule has 2 bridgehead atoms. The first-order valence-electron chi connectivity index (χ1n) is 9.10. The van der Waals surface area contributed by atoms with Crippen molar-refractivity contribution in [1.82, 2.24) is 0 Å². The molecule has 20 heavy (non-hydrogen) atoms. The van der Waals surface area contributed by atoms with Crippen molar-refractivity contribution in [2.24, 2.45) is 0 Å². The molecule has 2 saturated heterocycles. The first-order chi connectivity index (χ1) is 9.72. The van der Waals surface area contributed by atoms with Gasteiger partial charge < -0.3 is 9.84 Å². The van der Waals surface area contributed by atoms with Gasteiger partial charge in [-0.1, -0.05) is 64.7 Å². The predicted molar refractivity (Wildman–Crippen MR) is 83.9 cm³/mol. The second-order valence-electron chi connectivity index (χ2n) is 7.17. The Morgan fingerprint density at radius 1 is 0.850 bits per heavy atom. The molecule has 0 radical (unpaired) electrons. The highest BCUT2D eigenvalue weighted by Crippen LogP contribution is 2.40. The SMILES string of the molecule is CCCCCCCCCCCC1(O)CC2CCC(C1)O2. The van der Waals surface area contributed by atoms with Crippen LogP contribution in [0.2, 0.25) is 0 Å². The fourth-order valence-electron chi connectivity index (χ4n) is 3.98. The molecule has 2 heterocycles. The molecule has 118 valence electrons. The lowest BCUT2D eigenvalue weighted by Gasteiger charge is -2.36. The van der Waals surface area contributed by atoms with Crippen LogP contribution in [0.5, 0.6) is 0 Å². The summed E-state index contributed by atoms with van der Waals surface area (Å²) in [5.41, 5.74) is -0.398. The molecule has 2 atom stereocenters. The standard InChI is InChI=1S/C18H34O2/c1-2-3-4-5-6-7-8-9-10-13-18(19)14-16-11-12-17(15-18)20-16/h16-17,19H,2-15H2,1H3. The number of hydrogen-bond acceptors (Lipinski definition) is 2. The normalized spacial score (nSPS) is 32.7. The Morgan fingerprint density at radius 2 is 1.35 bits per heavy atom. The maximum atomic E-state index is 10.7. The van der Waals surface area contributed by atoms with E-state index in [0.29, 0.717) is 12.2 Å². The van der Waals surface area contributed by atoms with E-state index in [1.807, 2.05) is 0 Å². The van der Waals surface area contributed by atoms with Crippen LogP contribution in [0.15, 0.2) is 0 Å². The number of unbranched alkanes of at least 4 members (excludes halogenated alkanes) is 8. The van der Waals surface area contributed by atoms with E-state index in [0.717, 1.165) is 19.3 Å². The molecule has 2 unspecified atom stereocenters. The maximum Gasteiger partial charge on any atom is 0.0697 e. The van der Waals surface area contributed by atoms with Crippen LogP contribution >= 0.6 is 0 Å². The van der Waals surface area contributed by atoms with Gasteiger partial charge in [-0.05, 0) is 19.3 Å². The molecule has 2 fully saturated rings. The molecule has 0 aromatic rings. The van der Waals surface area contributed by atoms with Gasteiger partial charge in [-0.25, -0.2) is 0 Å². The van der Waals surface area contributed by atoms with E-state index >= 15 is 0 Å². The molecule has 2 nitrogen and oxygen atoms in total. The summed E-state index contributed by atoms with van der Waals surface area (Å²) in [5.74, 6) is 0. The average Bonchev–Trinajstić information content (AvgIpc) is 2.77. The smallest absolute Gasteiger partial charge is 0.0697 e. The molecule has 0 aliphatic carbocycles.